The van der Waals surface area contributed by atoms with Crippen molar-refractivity contribution in [2.75, 3.05) is 38.3 Å². The molecule has 0 aromatic heterocycles. The first-order chi connectivity index (χ1) is 11.1. The Balaban J connectivity index is 2.34. The molecule has 128 valence electrons. The highest BCUT2D eigenvalue weighted by molar-refractivity contribution is 7.98. The van der Waals surface area contributed by atoms with Crippen LogP contribution in [0.5, 0.6) is 0 Å². The van der Waals surface area contributed by atoms with Gasteiger partial charge in [-0.1, -0.05) is 31.9 Å². The number of anilines is 1. The topological polar surface area (TPSA) is 62.6 Å². The summed E-state index contributed by atoms with van der Waals surface area (Å²) in [5.41, 5.74) is 0.821. The van der Waals surface area contributed by atoms with E-state index in [9.17, 15) is 9.59 Å². The van der Waals surface area contributed by atoms with Crippen LogP contribution < -0.4 is 15.5 Å². The summed E-state index contributed by atoms with van der Waals surface area (Å²) in [7, 11) is 1.85. The Morgan fingerprint density at radius 3 is 2.52 bits per heavy atom. The van der Waals surface area contributed by atoms with Crippen molar-refractivity contribution in [3.05, 3.63) is 24.3 Å². The second kappa shape index (κ2) is 11.1. The van der Waals surface area contributed by atoms with Crippen molar-refractivity contribution < 1.29 is 14.5 Å². The summed E-state index contributed by atoms with van der Waals surface area (Å²) in [6, 6.07) is 7.71. The molecule has 1 unspecified atom stereocenters. The normalized spacial score (nSPS) is 11.8. The Kier molecular flexibility index (Phi) is 9.40. The monoisotopic (exact) mass is 338 g/mol. The van der Waals surface area contributed by atoms with Gasteiger partial charge in [0.2, 0.25) is 0 Å². The number of carbonyl (C=O) groups is 2. The maximum Gasteiger partial charge on any atom is 0.279 e. The van der Waals surface area contributed by atoms with Gasteiger partial charge < -0.3 is 15.5 Å². The van der Waals surface area contributed by atoms with Crippen LogP contribution in [0.25, 0.3) is 0 Å². The van der Waals surface area contributed by atoms with Crippen molar-refractivity contribution >= 4 is 29.3 Å². The van der Waals surface area contributed by atoms with Gasteiger partial charge in [-0.25, -0.2) is 0 Å². The highest BCUT2D eigenvalue weighted by atomic mass is 32.2. The number of carbonyl (C=O) groups excluding carboxylic acids is 2. The van der Waals surface area contributed by atoms with Gasteiger partial charge in [-0.15, -0.1) is 11.8 Å². The van der Waals surface area contributed by atoms with Gasteiger partial charge in [0.15, 0.2) is 13.1 Å². The lowest BCUT2D eigenvalue weighted by molar-refractivity contribution is -0.862. The van der Waals surface area contributed by atoms with Crippen LogP contribution in [0.3, 0.4) is 0 Å². The minimum absolute atomic E-state index is 0.00378. The van der Waals surface area contributed by atoms with Crippen LogP contribution in [-0.2, 0) is 9.59 Å². The lowest BCUT2D eigenvalue weighted by Crippen LogP contribution is -3.11. The van der Waals surface area contributed by atoms with E-state index in [-0.39, 0.29) is 18.4 Å². The SMILES string of the molecule is CCCCCNC(=O)C[NH+](C)CC(=O)Nc1ccccc1SC. The molecule has 0 saturated heterocycles. The smallest absolute Gasteiger partial charge is 0.279 e. The molecular formula is C17H28N3O2S+. The average molecular weight is 338 g/mol. The number of unbranched alkanes of at least 4 members (excludes halogenated alkanes) is 2. The zero-order valence-corrected chi connectivity index (χ0v) is 15.1. The summed E-state index contributed by atoms with van der Waals surface area (Å²) in [5, 5.41) is 5.81. The largest absolute Gasteiger partial charge is 0.351 e. The average Bonchev–Trinajstić information content (AvgIpc) is 2.51. The van der Waals surface area contributed by atoms with E-state index < -0.39 is 0 Å². The zero-order chi connectivity index (χ0) is 17.1. The Labute approximate surface area is 143 Å². The molecule has 0 aliphatic carbocycles. The van der Waals surface area contributed by atoms with E-state index >= 15 is 0 Å². The third kappa shape index (κ3) is 8.04. The molecule has 0 fully saturated rings. The number of thioether (sulfide) groups is 1. The Morgan fingerprint density at radius 2 is 1.83 bits per heavy atom. The van der Waals surface area contributed by atoms with E-state index in [0.717, 1.165) is 34.7 Å². The minimum Gasteiger partial charge on any atom is -0.351 e. The third-order valence-electron chi connectivity index (χ3n) is 3.41. The Morgan fingerprint density at radius 1 is 1.13 bits per heavy atom. The van der Waals surface area contributed by atoms with Crippen LogP contribution in [0.4, 0.5) is 5.69 Å². The van der Waals surface area contributed by atoms with Crippen LogP contribution in [0, 0.1) is 0 Å². The summed E-state index contributed by atoms with van der Waals surface area (Å²) in [5.74, 6) is -0.0845. The number of hydrogen-bond donors (Lipinski definition) is 3. The van der Waals surface area contributed by atoms with E-state index in [1.807, 2.05) is 37.6 Å². The van der Waals surface area contributed by atoms with E-state index in [1.54, 1.807) is 11.8 Å². The molecule has 2 amide bonds. The maximum absolute atomic E-state index is 12.1. The van der Waals surface area contributed by atoms with E-state index in [2.05, 4.69) is 17.6 Å². The molecule has 0 heterocycles. The van der Waals surface area contributed by atoms with Gasteiger partial charge in [-0.05, 0) is 24.8 Å². The Bertz CT molecular complexity index is 508. The highest BCUT2D eigenvalue weighted by Gasteiger charge is 2.14. The van der Waals surface area contributed by atoms with E-state index in [1.165, 1.54) is 0 Å². The fourth-order valence-electron chi connectivity index (χ4n) is 2.22. The molecule has 1 rings (SSSR count). The number of para-hydroxylation sites is 1. The lowest BCUT2D eigenvalue weighted by Gasteiger charge is -2.14. The van der Waals surface area contributed by atoms with Crippen molar-refractivity contribution in [1.29, 1.82) is 0 Å². The van der Waals surface area contributed by atoms with E-state index in [0.29, 0.717) is 13.1 Å². The standard InChI is InChI=1S/C17H27N3O2S/c1-4-5-8-11-18-16(21)12-20(2)13-17(22)19-14-9-6-7-10-15(14)23-3/h6-7,9-10H,4-5,8,11-13H2,1-3H3,(H,18,21)(H,19,22)/p+1. The van der Waals surface area contributed by atoms with Crippen LogP contribution >= 0.6 is 11.8 Å². The molecular weight excluding hydrogens is 310 g/mol. The van der Waals surface area contributed by atoms with Gasteiger partial charge in [0.25, 0.3) is 11.8 Å². The van der Waals surface area contributed by atoms with Gasteiger partial charge in [-0.2, -0.15) is 0 Å². The first-order valence-corrected chi connectivity index (χ1v) is 9.30. The highest BCUT2D eigenvalue weighted by Crippen LogP contribution is 2.24. The van der Waals surface area contributed by atoms with Crippen LogP contribution in [0.2, 0.25) is 0 Å². The zero-order valence-electron chi connectivity index (χ0n) is 14.3. The number of hydrogen-bond acceptors (Lipinski definition) is 3. The molecule has 5 nitrogen and oxygen atoms in total. The molecule has 23 heavy (non-hydrogen) atoms. The number of benzene rings is 1. The van der Waals surface area contributed by atoms with Crippen LogP contribution in [-0.4, -0.2) is 44.8 Å². The predicted molar refractivity (Wildman–Crippen MR) is 96.0 cm³/mol. The molecule has 0 spiro atoms. The summed E-state index contributed by atoms with van der Waals surface area (Å²) in [6.07, 6.45) is 5.25. The molecule has 0 bridgehead atoms. The number of quaternary nitrogens is 1. The second-order valence-electron chi connectivity index (χ2n) is 5.62. The molecule has 3 N–H and O–H groups in total. The number of likely N-dealkylation sites (N-methyl/N-ethyl adjacent to an activating group) is 1. The summed E-state index contributed by atoms with van der Waals surface area (Å²) >= 11 is 1.59. The van der Waals surface area contributed by atoms with Crippen molar-refractivity contribution in [2.24, 2.45) is 0 Å². The minimum atomic E-state index is -0.0808. The molecule has 0 aliphatic heterocycles. The first-order valence-electron chi connectivity index (χ1n) is 8.07. The molecule has 0 radical (unpaired) electrons. The van der Waals surface area contributed by atoms with Crippen molar-refractivity contribution in [1.82, 2.24) is 5.32 Å². The fraction of sp³-hybridized carbons (Fsp3) is 0.529. The number of nitrogens with one attached hydrogen (secondary N) is 3. The molecule has 0 saturated carbocycles. The number of rotatable bonds is 10. The Hall–Kier alpha value is -1.53. The van der Waals surface area contributed by atoms with Crippen LogP contribution in [0.15, 0.2) is 29.2 Å². The van der Waals surface area contributed by atoms with Gasteiger partial charge >= 0.3 is 0 Å². The van der Waals surface area contributed by atoms with Crippen molar-refractivity contribution in [3.8, 4) is 0 Å². The fourth-order valence-corrected chi connectivity index (χ4v) is 2.77. The van der Waals surface area contributed by atoms with Gasteiger partial charge in [-0.3, -0.25) is 9.59 Å². The first kappa shape index (κ1) is 19.5. The molecule has 1 atom stereocenters. The maximum atomic E-state index is 12.1. The molecule has 1 aromatic rings. The molecule has 0 aliphatic rings. The predicted octanol–water partition coefficient (Wildman–Crippen LogP) is 1.17. The quantitative estimate of drug-likeness (QED) is 0.443. The van der Waals surface area contributed by atoms with E-state index in [4.69, 9.17) is 0 Å². The summed E-state index contributed by atoms with van der Waals surface area (Å²) in [4.78, 5) is 25.8. The second-order valence-corrected chi connectivity index (χ2v) is 6.46. The third-order valence-corrected chi connectivity index (χ3v) is 4.20. The lowest BCUT2D eigenvalue weighted by atomic mass is 10.2. The van der Waals surface area contributed by atoms with Crippen molar-refractivity contribution in [3.63, 3.8) is 0 Å². The van der Waals surface area contributed by atoms with Gasteiger partial charge in [0.05, 0.1) is 12.7 Å². The molecule has 1 aromatic carbocycles. The molecule has 6 heteroatoms. The van der Waals surface area contributed by atoms with Gasteiger partial charge in [0.1, 0.15) is 0 Å². The summed E-state index contributed by atoms with van der Waals surface area (Å²) < 4.78 is 0. The summed E-state index contributed by atoms with van der Waals surface area (Å²) in [6.45, 7) is 3.43. The van der Waals surface area contributed by atoms with Crippen molar-refractivity contribution in [2.45, 2.75) is 31.1 Å². The number of amides is 2. The van der Waals surface area contributed by atoms with Crippen LogP contribution in [0.1, 0.15) is 26.2 Å². The van der Waals surface area contributed by atoms with Gasteiger partial charge in [0, 0.05) is 11.4 Å².